The number of esters is 1. The van der Waals surface area contributed by atoms with E-state index in [0.717, 1.165) is 10.1 Å². The molecule has 0 radical (unpaired) electrons. The maximum absolute atomic E-state index is 12.3. The minimum Gasteiger partial charge on any atom is -0.461 e. The average molecular weight is 365 g/mol. The van der Waals surface area contributed by atoms with Crippen molar-refractivity contribution in [3.05, 3.63) is 70.6 Å². The number of thiophene rings is 1. The molecule has 0 aliphatic carbocycles. The molecule has 1 aliphatic heterocycles. The Morgan fingerprint density at radius 3 is 2.31 bits per heavy atom. The van der Waals surface area contributed by atoms with Crippen LogP contribution >= 0.6 is 11.3 Å². The minimum absolute atomic E-state index is 0.153. The van der Waals surface area contributed by atoms with Crippen LogP contribution in [-0.2, 0) is 4.74 Å². The van der Waals surface area contributed by atoms with Gasteiger partial charge < -0.3 is 4.74 Å². The number of nitrogens with zero attached hydrogens (tertiary/aromatic N) is 1. The Labute approximate surface area is 153 Å². The molecule has 2 aromatic carbocycles. The predicted molar refractivity (Wildman–Crippen MR) is 98.5 cm³/mol. The van der Waals surface area contributed by atoms with E-state index in [4.69, 9.17) is 4.74 Å². The van der Waals surface area contributed by atoms with Gasteiger partial charge in [0.25, 0.3) is 11.8 Å². The van der Waals surface area contributed by atoms with Gasteiger partial charge in [-0.3, -0.25) is 14.5 Å². The van der Waals surface area contributed by atoms with Crippen molar-refractivity contribution in [2.45, 2.75) is 6.42 Å². The Balaban J connectivity index is 1.32. The van der Waals surface area contributed by atoms with E-state index >= 15 is 0 Å². The van der Waals surface area contributed by atoms with Gasteiger partial charge in [0, 0.05) is 11.2 Å². The van der Waals surface area contributed by atoms with Crippen LogP contribution in [0.15, 0.2) is 54.6 Å². The summed E-state index contributed by atoms with van der Waals surface area (Å²) in [6.07, 6.45) is 0.405. The summed E-state index contributed by atoms with van der Waals surface area (Å²) in [6, 6.07) is 16.3. The molecule has 5 nitrogen and oxygen atoms in total. The average Bonchev–Trinajstić information content (AvgIpc) is 3.20. The highest BCUT2D eigenvalue weighted by molar-refractivity contribution is 7.20. The summed E-state index contributed by atoms with van der Waals surface area (Å²) in [7, 11) is 0. The highest BCUT2D eigenvalue weighted by Gasteiger charge is 2.34. The molecule has 1 aliphatic rings. The zero-order valence-electron chi connectivity index (χ0n) is 13.8. The summed E-state index contributed by atoms with van der Waals surface area (Å²) in [6.45, 7) is 0.381. The van der Waals surface area contributed by atoms with Crippen LogP contribution in [-0.4, -0.2) is 35.8 Å². The number of fused-ring (bicyclic) bond motifs is 2. The van der Waals surface area contributed by atoms with Crippen LogP contribution < -0.4 is 0 Å². The Kier molecular flexibility index (Phi) is 4.26. The van der Waals surface area contributed by atoms with Crippen LogP contribution in [0.2, 0.25) is 0 Å². The summed E-state index contributed by atoms with van der Waals surface area (Å²) in [4.78, 5) is 38.4. The van der Waals surface area contributed by atoms with Gasteiger partial charge in [0.05, 0.1) is 17.7 Å². The number of imide groups is 1. The van der Waals surface area contributed by atoms with Crippen LogP contribution in [0.5, 0.6) is 0 Å². The van der Waals surface area contributed by atoms with E-state index in [1.54, 1.807) is 24.3 Å². The van der Waals surface area contributed by atoms with Crippen molar-refractivity contribution in [2.75, 3.05) is 13.2 Å². The third kappa shape index (κ3) is 2.88. The minimum atomic E-state index is -0.381. The van der Waals surface area contributed by atoms with Gasteiger partial charge in [-0.2, -0.15) is 0 Å². The number of hydrogen-bond donors (Lipinski definition) is 0. The monoisotopic (exact) mass is 365 g/mol. The molecule has 4 rings (SSSR count). The molecule has 0 unspecified atom stereocenters. The molecule has 0 N–H and O–H groups in total. The van der Waals surface area contributed by atoms with Gasteiger partial charge in [-0.1, -0.05) is 30.3 Å². The number of carbonyl (C=O) groups is 3. The number of carbonyl (C=O) groups excluding carboxylic acids is 3. The van der Waals surface area contributed by atoms with Crippen LogP contribution in [0, 0.1) is 0 Å². The normalized spacial score (nSPS) is 13.3. The SMILES string of the molecule is O=C(OCCCN1C(=O)c2ccccc2C1=O)c1cc2ccccc2s1. The molecular formula is C20H15NO4S. The van der Waals surface area contributed by atoms with Crippen molar-refractivity contribution < 1.29 is 19.1 Å². The number of benzene rings is 2. The number of hydrogen-bond acceptors (Lipinski definition) is 5. The lowest BCUT2D eigenvalue weighted by atomic mass is 10.1. The van der Waals surface area contributed by atoms with E-state index < -0.39 is 0 Å². The van der Waals surface area contributed by atoms with Crippen LogP contribution in [0.25, 0.3) is 10.1 Å². The Bertz CT molecular complexity index is 955. The van der Waals surface area contributed by atoms with Gasteiger partial charge in [-0.05, 0) is 36.1 Å². The first-order valence-corrected chi connectivity index (χ1v) is 9.08. The van der Waals surface area contributed by atoms with Crippen molar-refractivity contribution in [3.8, 4) is 0 Å². The van der Waals surface area contributed by atoms with Crippen molar-refractivity contribution in [3.63, 3.8) is 0 Å². The molecule has 0 atom stereocenters. The predicted octanol–water partition coefficient (Wildman–Crippen LogP) is 3.74. The summed E-state index contributed by atoms with van der Waals surface area (Å²) in [5.41, 5.74) is 0.861. The first kappa shape index (κ1) is 16.5. The number of rotatable bonds is 5. The van der Waals surface area contributed by atoms with Gasteiger partial charge in [0.15, 0.2) is 0 Å². The van der Waals surface area contributed by atoms with Crippen molar-refractivity contribution in [1.82, 2.24) is 4.90 Å². The zero-order valence-corrected chi connectivity index (χ0v) is 14.6. The third-order valence-corrected chi connectivity index (χ3v) is 5.36. The summed E-state index contributed by atoms with van der Waals surface area (Å²) >= 11 is 1.39. The highest BCUT2D eigenvalue weighted by Crippen LogP contribution is 2.26. The molecule has 26 heavy (non-hydrogen) atoms. The lowest BCUT2D eigenvalue weighted by molar-refractivity contribution is 0.0488. The number of ether oxygens (including phenoxy) is 1. The van der Waals surface area contributed by atoms with E-state index in [9.17, 15) is 14.4 Å². The van der Waals surface area contributed by atoms with Crippen molar-refractivity contribution >= 4 is 39.2 Å². The summed E-state index contributed by atoms with van der Waals surface area (Å²) in [5, 5.41) is 1.01. The van der Waals surface area contributed by atoms with Crippen LogP contribution in [0.4, 0.5) is 0 Å². The molecule has 6 heteroatoms. The van der Waals surface area contributed by atoms with Gasteiger partial charge in [0.1, 0.15) is 4.88 Å². The molecule has 0 bridgehead atoms. The molecule has 130 valence electrons. The quantitative estimate of drug-likeness (QED) is 0.392. The van der Waals surface area contributed by atoms with E-state index in [1.165, 1.54) is 16.2 Å². The summed E-state index contributed by atoms with van der Waals surface area (Å²) < 4.78 is 6.32. The molecule has 1 aromatic heterocycles. The first-order chi connectivity index (χ1) is 12.6. The van der Waals surface area contributed by atoms with Crippen molar-refractivity contribution in [1.29, 1.82) is 0 Å². The molecule has 0 saturated heterocycles. The Morgan fingerprint density at radius 1 is 0.962 bits per heavy atom. The number of amides is 2. The molecule has 0 saturated carbocycles. The van der Waals surface area contributed by atoms with E-state index in [0.29, 0.717) is 22.4 Å². The highest BCUT2D eigenvalue weighted by atomic mass is 32.1. The fraction of sp³-hybridized carbons (Fsp3) is 0.150. The van der Waals surface area contributed by atoms with Gasteiger partial charge in [0.2, 0.25) is 0 Å². The van der Waals surface area contributed by atoms with Gasteiger partial charge in [-0.15, -0.1) is 11.3 Å². The fourth-order valence-corrected chi connectivity index (χ4v) is 3.94. The second-order valence-electron chi connectivity index (χ2n) is 5.95. The van der Waals surface area contributed by atoms with Gasteiger partial charge in [-0.25, -0.2) is 4.79 Å². The van der Waals surface area contributed by atoms with E-state index in [1.807, 2.05) is 30.3 Å². The molecule has 2 heterocycles. The zero-order chi connectivity index (χ0) is 18.1. The largest absolute Gasteiger partial charge is 0.461 e. The van der Waals surface area contributed by atoms with E-state index in [-0.39, 0.29) is 30.9 Å². The van der Waals surface area contributed by atoms with Crippen LogP contribution in [0.3, 0.4) is 0 Å². The Morgan fingerprint density at radius 2 is 1.62 bits per heavy atom. The second-order valence-corrected chi connectivity index (χ2v) is 7.03. The molecular weight excluding hydrogens is 350 g/mol. The topological polar surface area (TPSA) is 63.7 Å². The molecule has 0 spiro atoms. The smallest absolute Gasteiger partial charge is 0.348 e. The summed E-state index contributed by atoms with van der Waals surface area (Å²) in [5.74, 6) is -0.962. The fourth-order valence-electron chi connectivity index (χ4n) is 2.98. The molecule has 2 amide bonds. The maximum atomic E-state index is 12.3. The molecule has 0 fully saturated rings. The van der Waals surface area contributed by atoms with Crippen molar-refractivity contribution in [2.24, 2.45) is 0 Å². The van der Waals surface area contributed by atoms with Gasteiger partial charge >= 0.3 is 5.97 Å². The van der Waals surface area contributed by atoms with Crippen LogP contribution in [0.1, 0.15) is 36.8 Å². The second kappa shape index (κ2) is 6.72. The Hall–Kier alpha value is -2.99. The van der Waals surface area contributed by atoms with E-state index in [2.05, 4.69) is 0 Å². The lowest BCUT2D eigenvalue weighted by Gasteiger charge is -2.13. The third-order valence-electron chi connectivity index (χ3n) is 4.26. The lowest BCUT2D eigenvalue weighted by Crippen LogP contribution is -2.31. The molecule has 3 aromatic rings. The standard InChI is InChI=1S/C20H15NO4S/c22-18-14-7-2-3-8-15(14)19(23)21(18)10-5-11-25-20(24)17-12-13-6-1-4-9-16(13)26-17/h1-4,6-9,12H,5,10-11H2. The first-order valence-electron chi connectivity index (χ1n) is 8.26. The maximum Gasteiger partial charge on any atom is 0.348 e.